The molecule has 1 aromatic heterocycles. The second-order valence-electron chi connectivity index (χ2n) is 5.57. The van der Waals surface area contributed by atoms with Gasteiger partial charge in [-0.2, -0.15) is 0 Å². The number of hydrogen-bond acceptors (Lipinski definition) is 4. The molecule has 0 unspecified atom stereocenters. The zero-order valence-electron chi connectivity index (χ0n) is 13.4. The van der Waals surface area contributed by atoms with Crippen LogP contribution in [0.15, 0.2) is 12.1 Å². The van der Waals surface area contributed by atoms with E-state index in [9.17, 15) is 4.79 Å². The number of rotatable bonds is 4. The number of carbonyl (C=O) groups excluding carboxylic acids is 1. The predicted molar refractivity (Wildman–Crippen MR) is 85.8 cm³/mol. The highest BCUT2D eigenvalue weighted by molar-refractivity contribution is 5.95. The predicted octanol–water partition coefficient (Wildman–Crippen LogP) is 1.85. The Balaban J connectivity index is 2.19. The van der Waals surface area contributed by atoms with Crippen LogP contribution < -0.4 is 5.32 Å². The number of amides is 1. The van der Waals surface area contributed by atoms with Gasteiger partial charge in [0.1, 0.15) is 5.82 Å². The highest BCUT2D eigenvalue weighted by Gasteiger charge is 2.19. The van der Waals surface area contributed by atoms with Gasteiger partial charge >= 0.3 is 0 Å². The molecule has 1 aliphatic heterocycles. The largest absolute Gasteiger partial charge is 0.370 e. The third-order valence-corrected chi connectivity index (χ3v) is 3.85. The Hall–Kier alpha value is -1.62. The summed E-state index contributed by atoms with van der Waals surface area (Å²) in [7, 11) is 2.11. The Morgan fingerprint density at radius 1 is 1.24 bits per heavy atom. The molecule has 0 aromatic carbocycles. The Bertz CT molecular complexity index is 489. The lowest BCUT2D eigenvalue weighted by atomic mass is 10.1. The van der Waals surface area contributed by atoms with Gasteiger partial charge in [-0.25, -0.2) is 4.98 Å². The molecule has 116 valence electrons. The molecule has 1 amide bonds. The standard InChI is InChI=1S/C16H26N4O/c1-4-14-11-13(12-15(18-14)17-5-2)16(21)20-8-6-7-19(3)9-10-20/h11-12H,4-10H2,1-3H3,(H,17,18). The van der Waals surface area contributed by atoms with Crippen LogP contribution in [0.25, 0.3) is 0 Å². The summed E-state index contributed by atoms with van der Waals surface area (Å²) in [5, 5.41) is 3.21. The van der Waals surface area contributed by atoms with E-state index in [0.717, 1.165) is 62.6 Å². The van der Waals surface area contributed by atoms with Crippen LogP contribution in [-0.2, 0) is 6.42 Å². The normalized spacial score (nSPS) is 16.6. The molecule has 0 spiro atoms. The summed E-state index contributed by atoms with van der Waals surface area (Å²) in [6.45, 7) is 8.54. The molecule has 0 atom stereocenters. The highest BCUT2D eigenvalue weighted by atomic mass is 16.2. The van der Waals surface area contributed by atoms with Gasteiger partial charge in [-0.3, -0.25) is 4.79 Å². The van der Waals surface area contributed by atoms with E-state index in [1.54, 1.807) is 0 Å². The van der Waals surface area contributed by atoms with Crippen LogP contribution >= 0.6 is 0 Å². The van der Waals surface area contributed by atoms with Crippen molar-refractivity contribution in [3.8, 4) is 0 Å². The minimum Gasteiger partial charge on any atom is -0.370 e. The molecule has 0 bridgehead atoms. The number of aromatic nitrogens is 1. The fourth-order valence-corrected chi connectivity index (χ4v) is 2.60. The van der Waals surface area contributed by atoms with Crippen molar-refractivity contribution >= 4 is 11.7 Å². The first-order valence-corrected chi connectivity index (χ1v) is 7.86. The van der Waals surface area contributed by atoms with E-state index in [1.807, 2.05) is 24.0 Å². The maximum absolute atomic E-state index is 12.7. The molecular weight excluding hydrogens is 264 g/mol. The molecule has 0 radical (unpaired) electrons. The van der Waals surface area contributed by atoms with Crippen molar-refractivity contribution < 1.29 is 4.79 Å². The van der Waals surface area contributed by atoms with Gasteiger partial charge < -0.3 is 15.1 Å². The van der Waals surface area contributed by atoms with E-state index in [0.29, 0.717) is 0 Å². The first kappa shape index (κ1) is 15.8. The molecular formula is C16H26N4O. The molecule has 21 heavy (non-hydrogen) atoms. The molecule has 1 N–H and O–H groups in total. The van der Waals surface area contributed by atoms with Crippen molar-refractivity contribution in [1.82, 2.24) is 14.8 Å². The number of carbonyl (C=O) groups is 1. The lowest BCUT2D eigenvalue weighted by Gasteiger charge is -2.21. The quantitative estimate of drug-likeness (QED) is 0.919. The molecule has 2 heterocycles. The maximum Gasteiger partial charge on any atom is 0.254 e. The molecule has 5 heteroatoms. The van der Waals surface area contributed by atoms with Gasteiger partial charge in [0, 0.05) is 37.4 Å². The number of nitrogens with one attached hydrogen (secondary N) is 1. The lowest BCUT2D eigenvalue weighted by molar-refractivity contribution is 0.0762. The zero-order chi connectivity index (χ0) is 15.2. The van der Waals surface area contributed by atoms with Crippen LogP contribution in [0.1, 0.15) is 36.3 Å². The molecule has 1 fully saturated rings. The summed E-state index contributed by atoms with van der Waals surface area (Å²) in [4.78, 5) is 21.5. The number of likely N-dealkylation sites (N-methyl/N-ethyl adjacent to an activating group) is 1. The first-order chi connectivity index (χ1) is 10.1. The summed E-state index contributed by atoms with van der Waals surface area (Å²) in [5.41, 5.74) is 1.71. The SMILES string of the molecule is CCNc1cc(C(=O)N2CCCN(C)CC2)cc(CC)n1. The second-order valence-corrected chi connectivity index (χ2v) is 5.57. The van der Waals surface area contributed by atoms with Gasteiger partial charge in [0.15, 0.2) is 0 Å². The van der Waals surface area contributed by atoms with Crippen LogP contribution in [0.4, 0.5) is 5.82 Å². The monoisotopic (exact) mass is 290 g/mol. The third-order valence-electron chi connectivity index (χ3n) is 3.85. The van der Waals surface area contributed by atoms with Crippen LogP contribution in [0.2, 0.25) is 0 Å². The molecule has 0 aliphatic carbocycles. The van der Waals surface area contributed by atoms with Gasteiger partial charge in [-0.15, -0.1) is 0 Å². The van der Waals surface area contributed by atoms with Crippen molar-refractivity contribution in [2.45, 2.75) is 26.7 Å². The summed E-state index contributed by atoms with van der Waals surface area (Å²) in [6.07, 6.45) is 1.87. The molecule has 1 aromatic rings. The van der Waals surface area contributed by atoms with Crippen molar-refractivity contribution in [3.63, 3.8) is 0 Å². The van der Waals surface area contributed by atoms with Gasteiger partial charge in [0.2, 0.25) is 0 Å². The summed E-state index contributed by atoms with van der Waals surface area (Å²) in [6, 6.07) is 3.80. The van der Waals surface area contributed by atoms with E-state index in [4.69, 9.17) is 0 Å². The summed E-state index contributed by atoms with van der Waals surface area (Å²) in [5.74, 6) is 0.925. The third kappa shape index (κ3) is 4.17. The molecule has 5 nitrogen and oxygen atoms in total. The van der Waals surface area contributed by atoms with Crippen LogP contribution in [0.5, 0.6) is 0 Å². The van der Waals surface area contributed by atoms with E-state index < -0.39 is 0 Å². The second kappa shape index (κ2) is 7.41. The topological polar surface area (TPSA) is 48.5 Å². The maximum atomic E-state index is 12.7. The average molecular weight is 290 g/mol. The minimum atomic E-state index is 0.126. The van der Waals surface area contributed by atoms with E-state index in [-0.39, 0.29) is 5.91 Å². The van der Waals surface area contributed by atoms with Crippen LogP contribution in [-0.4, -0.2) is 60.5 Å². The van der Waals surface area contributed by atoms with Crippen LogP contribution in [0.3, 0.4) is 0 Å². The van der Waals surface area contributed by atoms with Crippen LogP contribution in [0, 0.1) is 0 Å². The highest BCUT2D eigenvalue weighted by Crippen LogP contribution is 2.15. The smallest absolute Gasteiger partial charge is 0.254 e. The number of pyridine rings is 1. The van der Waals surface area contributed by atoms with Gasteiger partial charge in [-0.1, -0.05) is 6.92 Å². The zero-order valence-corrected chi connectivity index (χ0v) is 13.4. The fourth-order valence-electron chi connectivity index (χ4n) is 2.60. The number of hydrogen-bond donors (Lipinski definition) is 1. The van der Waals surface area contributed by atoms with Gasteiger partial charge in [0.25, 0.3) is 5.91 Å². The Morgan fingerprint density at radius 3 is 2.76 bits per heavy atom. The molecule has 2 rings (SSSR count). The number of anilines is 1. The number of aryl methyl sites for hydroxylation is 1. The lowest BCUT2D eigenvalue weighted by Crippen LogP contribution is -2.34. The van der Waals surface area contributed by atoms with E-state index in [1.165, 1.54) is 0 Å². The Morgan fingerprint density at radius 2 is 2.05 bits per heavy atom. The van der Waals surface area contributed by atoms with Crippen molar-refractivity contribution in [2.75, 3.05) is 45.1 Å². The summed E-state index contributed by atoms with van der Waals surface area (Å²) >= 11 is 0. The fraction of sp³-hybridized carbons (Fsp3) is 0.625. The molecule has 0 saturated carbocycles. The van der Waals surface area contributed by atoms with Gasteiger partial charge in [0.05, 0.1) is 0 Å². The van der Waals surface area contributed by atoms with Crippen molar-refractivity contribution in [1.29, 1.82) is 0 Å². The average Bonchev–Trinajstić information content (AvgIpc) is 2.71. The number of nitrogens with zero attached hydrogens (tertiary/aromatic N) is 3. The summed E-state index contributed by atoms with van der Waals surface area (Å²) < 4.78 is 0. The Kier molecular flexibility index (Phi) is 5.56. The van der Waals surface area contributed by atoms with Gasteiger partial charge in [-0.05, 0) is 45.5 Å². The molecule has 1 saturated heterocycles. The minimum absolute atomic E-state index is 0.126. The van der Waals surface area contributed by atoms with Crippen molar-refractivity contribution in [2.24, 2.45) is 0 Å². The van der Waals surface area contributed by atoms with Crippen molar-refractivity contribution in [3.05, 3.63) is 23.4 Å². The van der Waals surface area contributed by atoms with E-state index >= 15 is 0 Å². The first-order valence-electron chi connectivity index (χ1n) is 7.86. The van der Waals surface area contributed by atoms with E-state index in [2.05, 4.69) is 29.2 Å². The Labute approximate surface area is 127 Å². The molecule has 1 aliphatic rings.